The van der Waals surface area contributed by atoms with E-state index in [1.807, 2.05) is 19.9 Å². The number of benzene rings is 1. The van der Waals surface area contributed by atoms with Gasteiger partial charge in [0.05, 0.1) is 18.7 Å². The molecule has 0 bridgehead atoms. The Morgan fingerprint density at radius 1 is 1.29 bits per heavy atom. The number of rotatable bonds is 6. The van der Waals surface area contributed by atoms with Crippen LogP contribution < -0.4 is 5.32 Å². The Hall–Kier alpha value is -2.61. The van der Waals surface area contributed by atoms with Crippen molar-refractivity contribution in [2.75, 3.05) is 18.5 Å². The second-order valence-electron chi connectivity index (χ2n) is 6.76. The van der Waals surface area contributed by atoms with E-state index >= 15 is 0 Å². The molecular formula is C20H21BrN2O5. The molecule has 0 aliphatic carbocycles. The van der Waals surface area contributed by atoms with E-state index in [-0.39, 0.29) is 18.9 Å². The zero-order valence-corrected chi connectivity index (χ0v) is 17.2. The van der Waals surface area contributed by atoms with Crippen LogP contribution in [0.25, 0.3) is 0 Å². The van der Waals surface area contributed by atoms with Crippen molar-refractivity contribution < 1.29 is 23.5 Å². The van der Waals surface area contributed by atoms with Gasteiger partial charge in [-0.1, -0.05) is 15.9 Å². The maximum absolute atomic E-state index is 12.3. The van der Waals surface area contributed by atoms with Gasteiger partial charge in [-0.25, -0.2) is 0 Å². The molecular weight excluding hydrogens is 428 g/mol. The van der Waals surface area contributed by atoms with Crippen molar-refractivity contribution in [2.24, 2.45) is 5.92 Å². The summed E-state index contributed by atoms with van der Waals surface area (Å²) in [4.78, 5) is 38.0. The molecule has 1 aliphatic rings. The van der Waals surface area contributed by atoms with Gasteiger partial charge in [0.25, 0.3) is 5.91 Å². The van der Waals surface area contributed by atoms with E-state index in [0.717, 1.165) is 15.6 Å². The molecule has 1 saturated heterocycles. The molecule has 8 heteroatoms. The number of nitrogens with zero attached hydrogens (tertiary/aromatic N) is 1. The lowest BCUT2D eigenvalue weighted by Gasteiger charge is -2.15. The van der Waals surface area contributed by atoms with Crippen molar-refractivity contribution in [3.8, 4) is 0 Å². The Labute approximate surface area is 171 Å². The smallest absolute Gasteiger partial charge is 0.311 e. The van der Waals surface area contributed by atoms with E-state index in [2.05, 4.69) is 21.2 Å². The van der Waals surface area contributed by atoms with Crippen molar-refractivity contribution in [3.05, 3.63) is 51.9 Å². The first kappa shape index (κ1) is 20.1. The summed E-state index contributed by atoms with van der Waals surface area (Å²) in [6.07, 6.45) is 1.61. The predicted octanol–water partition coefficient (Wildman–Crippen LogP) is 3.19. The molecule has 148 valence electrons. The minimum atomic E-state index is -0.577. The number of ether oxygens (including phenoxy) is 1. The minimum Gasteiger partial charge on any atom is -0.467 e. The molecule has 1 N–H and O–H groups in total. The molecule has 2 heterocycles. The van der Waals surface area contributed by atoms with Crippen molar-refractivity contribution in [3.63, 3.8) is 0 Å². The van der Waals surface area contributed by atoms with Gasteiger partial charge in [-0.15, -0.1) is 0 Å². The quantitative estimate of drug-likeness (QED) is 0.685. The highest BCUT2D eigenvalue weighted by molar-refractivity contribution is 9.10. The van der Waals surface area contributed by atoms with Gasteiger partial charge in [0.1, 0.15) is 5.76 Å². The van der Waals surface area contributed by atoms with E-state index in [0.29, 0.717) is 18.0 Å². The molecule has 7 nitrogen and oxygen atoms in total. The van der Waals surface area contributed by atoms with Gasteiger partial charge >= 0.3 is 5.97 Å². The number of carbonyl (C=O) groups excluding carboxylic acids is 3. The molecule has 1 atom stereocenters. The van der Waals surface area contributed by atoms with Gasteiger partial charge in [-0.3, -0.25) is 14.4 Å². The van der Waals surface area contributed by atoms with Gasteiger partial charge in [-0.2, -0.15) is 0 Å². The maximum Gasteiger partial charge on any atom is 0.311 e. The first-order valence-electron chi connectivity index (χ1n) is 8.87. The largest absolute Gasteiger partial charge is 0.467 e. The third-order valence-corrected chi connectivity index (χ3v) is 5.67. The molecule has 1 aromatic heterocycles. The highest BCUT2D eigenvalue weighted by Gasteiger charge is 2.35. The summed E-state index contributed by atoms with van der Waals surface area (Å²) in [6.45, 7) is 4.03. The van der Waals surface area contributed by atoms with Crippen LogP contribution in [-0.2, 0) is 25.7 Å². The summed E-state index contributed by atoms with van der Waals surface area (Å²) in [7, 11) is 0. The number of carbonyl (C=O) groups is 3. The number of hydrogen-bond acceptors (Lipinski definition) is 5. The van der Waals surface area contributed by atoms with Gasteiger partial charge in [0, 0.05) is 23.1 Å². The number of esters is 1. The van der Waals surface area contributed by atoms with Crippen LogP contribution in [0.3, 0.4) is 0 Å². The number of amides is 2. The zero-order valence-electron chi connectivity index (χ0n) is 15.7. The second kappa shape index (κ2) is 8.60. The second-order valence-corrected chi connectivity index (χ2v) is 7.61. The molecule has 1 aromatic carbocycles. The van der Waals surface area contributed by atoms with Crippen LogP contribution in [0.1, 0.15) is 23.3 Å². The number of anilines is 1. The molecule has 1 aliphatic heterocycles. The fraction of sp³-hybridized carbons (Fsp3) is 0.350. The number of halogens is 1. The van der Waals surface area contributed by atoms with Gasteiger partial charge in [0.2, 0.25) is 5.91 Å². The van der Waals surface area contributed by atoms with Crippen molar-refractivity contribution in [1.82, 2.24) is 4.90 Å². The zero-order chi connectivity index (χ0) is 20.3. The molecule has 2 aromatic rings. The Kier molecular flexibility index (Phi) is 6.18. The summed E-state index contributed by atoms with van der Waals surface area (Å²) in [5, 5.41) is 2.74. The summed E-state index contributed by atoms with van der Waals surface area (Å²) < 4.78 is 11.3. The van der Waals surface area contributed by atoms with E-state index in [1.165, 1.54) is 6.26 Å². The normalized spacial score (nSPS) is 16.3. The summed E-state index contributed by atoms with van der Waals surface area (Å²) in [5.74, 6) is -1.03. The Morgan fingerprint density at radius 3 is 2.79 bits per heavy atom. The molecule has 0 radical (unpaired) electrons. The number of hydrogen-bond donors (Lipinski definition) is 1. The van der Waals surface area contributed by atoms with E-state index in [9.17, 15) is 14.4 Å². The lowest BCUT2D eigenvalue weighted by molar-refractivity contribution is -0.151. The fourth-order valence-corrected chi connectivity index (χ4v) is 3.47. The Morgan fingerprint density at radius 2 is 2.07 bits per heavy atom. The topological polar surface area (TPSA) is 88.8 Å². The van der Waals surface area contributed by atoms with E-state index in [1.54, 1.807) is 23.1 Å². The highest BCUT2D eigenvalue weighted by atomic mass is 79.9. The van der Waals surface area contributed by atoms with Gasteiger partial charge in [-0.05, 0) is 49.2 Å². The average Bonchev–Trinajstić information content (AvgIpc) is 3.31. The van der Waals surface area contributed by atoms with Gasteiger partial charge in [0.15, 0.2) is 6.61 Å². The molecule has 1 fully saturated rings. The summed E-state index contributed by atoms with van der Waals surface area (Å²) >= 11 is 3.44. The first-order valence-corrected chi connectivity index (χ1v) is 9.66. The van der Waals surface area contributed by atoms with E-state index in [4.69, 9.17) is 9.15 Å². The molecule has 2 amide bonds. The molecule has 3 rings (SSSR count). The molecule has 0 spiro atoms. The molecule has 0 unspecified atom stereocenters. The van der Waals surface area contributed by atoms with Crippen LogP contribution in [0, 0.1) is 19.8 Å². The first-order chi connectivity index (χ1) is 13.3. The van der Waals surface area contributed by atoms with Gasteiger partial charge < -0.3 is 19.4 Å². The van der Waals surface area contributed by atoms with Crippen molar-refractivity contribution >= 4 is 39.4 Å². The summed E-state index contributed by atoms with van der Waals surface area (Å²) in [5.41, 5.74) is 2.63. The van der Waals surface area contributed by atoms with E-state index < -0.39 is 24.4 Å². The maximum atomic E-state index is 12.3. The third-order valence-electron chi connectivity index (χ3n) is 4.82. The Balaban J connectivity index is 1.49. The standard InChI is InChI=1S/C20H21BrN2O5/c1-12-13(2)17(6-5-16(12)21)22-18(24)11-28-20(26)14-8-19(25)23(9-14)10-15-4-3-7-27-15/h3-7,14H,8-11H2,1-2H3,(H,22,24)/t14-/m0/s1. The van der Waals surface area contributed by atoms with Crippen molar-refractivity contribution in [1.29, 1.82) is 0 Å². The monoisotopic (exact) mass is 448 g/mol. The van der Waals surface area contributed by atoms with Crippen LogP contribution in [0.5, 0.6) is 0 Å². The average molecular weight is 449 g/mol. The fourth-order valence-electron chi connectivity index (χ4n) is 3.04. The van der Waals surface area contributed by atoms with Crippen molar-refractivity contribution in [2.45, 2.75) is 26.8 Å². The lowest BCUT2D eigenvalue weighted by Crippen LogP contribution is -2.28. The van der Waals surface area contributed by atoms with Crippen LogP contribution in [-0.4, -0.2) is 35.8 Å². The number of furan rings is 1. The number of nitrogens with one attached hydrogen (secondary N) is 1. The van der Waals surface area contributed by atoms with Crippen LogP contribution in [0.15, 0.2) is 39.4 Å². The van der Waals surface area contributed by atoms with Crippen LogP contribution in [0.4, 0.5) is 5.69 Å². The lowest BCUT2D eigenvalue weighted by atomic mass is 10.1. The molecule has 28 heavy (non-hydrogen) atoms. The SMILES string of the molecule is Cc1c(Br)ccc(NC(=O)COC(=O)[C@H]2CC(=O)N(Cc3ccco3)C2)c1C. The number of likely N-dealkylation sites (tertiary alicyclic amines) is 1. The molecule has 0 saturated carbocycles. The minimum absolute atomic E-state index is 0.0756. The third kappa shape index (κ3) is 4.62. The summed E-state index contributed by atoms with van der Waals surface area (Å²) in [6, 6.07) is 7.15. The predicted molar refractivity (Wildman–Crippen MR) is 105 cm³/mol. The van der Waals surface area contributed by atoms with Crippen LogP contribution >= 0.6 is 15.9 Å². The highest BCUT2D eigenvalue weighted by Crippen LogP contribution is 2.26. The Bertz CT molecular complexity index is 894. The van der Waals surface area contributed by atoms with Crippen LogP contribution in [0.2, 0.25) is 0 Å².